The molecule has 1 aromatic heterocycles. The predicted octanol–water partition coefficient (Wildman–Crippen LogP) is -0.677. The maximum atomic E-state index is 11.5. The van der Waals surface area contributed by atoms with Gasteiger partial charge < -0.3 is 14.5 Å². The molecular weight excluding hydrogens is 279 g/mol. The fraction of sp³-hybridized carbons (Fsp3) is 0.556. The monoisotopic (exact) mass is 292 g/mol. The van der Waals surface area contributed by atoms with Crippen molar-refractivity contribution in [2.75, 3.05) is 6.61 Å². The smallest absolute Gasteiger partial charge is 0.352 e. The van der Waals surface area contributed by atoms with Crippen molar-refractivity contribution in [3.8, 4) is 0 Å². The molecule has 1 aromatic rings. The van der Waals surface area contributed by atoms with Gasteiger partial charge in [-0.2, -0.15) is 0 Å². The standard InChI is InChI=1S/C9H13N2O7P/c12-7-3-4-11(9(13)10-7)8-2-1-6(18-8)5-17-19(14,15)16/h3-4,6,8H,1-2,5H2,(H,10,12,13)(H2,14,15,16)/t6-,8+/m0/s1. The molecule has 0 radical (unpaired) electrons. The van der Waals surface area contributed by atoms with Gasteiger partial charge in [-0.05, 0) is 12.8 Å². The van der Waals surface area contributed by atoms with Crippen LogP contribution in [-0.2, 0) is 13.8 Å². The van der Waals surface area contributed by atoms with Crippen molar-refractivity contribution < 1.29 is 23.6 Å². The SMILES string of the molecule is O=c1ccn([C@H]2CC[C@@H](COP(=O)(O)O)O2)c(=O)[nH]1. The molecule has 1 fully saturated rings. The number of phosphoric acid groups is 1. The van der Waals surface area contributed by atoms with Crippen molar-refractivity contribution in [3.63, 3.8) is 0 Å². The second kappa shape index (κ2) is 5.40. The Morgan fingerprint density at radius 2 is 2.21 bits per heavy atom. The summed E-state index contributed by atoms with van der Waals surface area (Å²) < 4.78 is 21.6. The van der Waals surface area contributed by atoms with Crippen molar-refractivity contribution in [2.45, 2.75) is 25.2 Å². The van der Waals surface area contributed by atoms with Gasteiger partial charge in [-0.15, -0.1) is 0 Å². The fourth-order valence-corrected chi connectivity index (χ4v) is 2.21. The van der Waals surface area contributed by atoms with Crippen LogP contribution in [0.25, 0.3) is 0 Å². The lowest BCUT2D eigenvalue weighted by Crippen LogP contribution is -2.31. The Kier molecular flexibility index (Phi) is 4.02. The summed E-state index contributed by atoms with van der Waals surface area (Å²) in [7, 11) is -4.52. The molecule has 0 aliphatic carbocycles. The van der Waals surface area contributed by atoms with E-state index in [1.165, 1.54) is 16.8 Å². The summed E-state index contributed by atoms with van der Waals surface area (Å²) in [5.41, 5.74) is -1.09. The highest BCUT2D eigenvalue weighted by molar-refractivity contribution is 7.46. The van der Waals surface area contributed by atoms with Gasteiger partial charge in [0.1, 0.15) is 6.23 Å². The first-order valence-corrected chi connectivity index (χ1v) is 7.05. The maximum absolute atomic E-state index is 11.5. The molecule has 106 valence electrons. The summed E-state index contributed by atoms with van der Waals surface area (Å²) in [5.74, 6) is 0. The zero-order valence-electron chi connectivity index (χ0n) is 9.76. The molecule has 2 heterocycles. The minimum absolute atomic E-state index is 0.251. The quantitative estimate of drug-likeness (QED) is 0.627. The number of nitrogens with one attached hydrogen (secondary N) is 1. The zero-order valence-corrected chi connectivity index (χ0v) is 10.7. The van der Waals surface area contributed by atoms with E-state index in [0.717, 1.165) is 0 Å². The molecule has 2 atom stereocenters. The molecule has 0 aromatic carbocycles. The molecule has 1 aliphatic heterocycles. The minimum Gasteiger partial charge on any atom is -0.352 e. The molecule has 19 heavy (non-hydrogen) atoms. The lowest BCUT2D eigenvalue weighted by molar-refractivity contribution is -0.0243. The lowest BCUT2D eigenvalue weighted by atomic mass is 10.2. The Balaban J connectivity index is 2.00. The highest BCUT2D eigenvalue weighted by Gasteiger charge is 2.29. The van der Waals surface area contributed by atoms with E-state index in [1.807, 2.05) is 0 Å². The molecule has 1 aliphatic rings. The van der Waals surface area contributed by atoms with Crippen LogP contribution in [-0.4, -0.2) is 32.0 Å². The van der Waals surface area contributed by atoms with Gasteiger partial charge in [0, 0.05) is 12.3 Å². The van der Waals surface area contributed by atoms with Crippen molar-refractivity contribution in [2.24, 2.45) is 0 Å². The lowest BCUT2D eigenvalue weighted by Gasteiger charge is -2.15. The third-order valence-corrected chi connectivity index (χ3v) is 3.16. The third kappa shape index (κ3) is 3.85. The van der Waals surface area contributed by atoms with Crippen LogP contribution in [0.15, 0.2) is 21.9 Å². The number of rotatable bonds is 4. The van der Waals surface area contributed by atoms with Gasteiger partial charge in [-0.1, -0.05) is 0 Å². The summed E-state index contributed by atoms with van der Waals surface area (Å²) >= 11 is 0. The van der Waals surface area contributed by atoms with E-state index in [0.29, 0.717) is 12.8 Å². The van der Waals surface area contributed by atoms with Crippen LogP contribution < -0.4 is 11.2 Å². The Bertz CT molecular complexity index is 603. The van der Waals surface area contributed by atoms with Crippen molar-refractivity contribution >= 4 is 7.82 Å². The van der Waals surface area contributed by atoms with Gasteiger partial charge in [0.2, 0.25) is 0 Å². The molecule has 3 N–H and O–H groups in total. The van der Waals surface area contributed by atoms with Gasteiger partial charge in [0.15, 0.2) is 0 Å². The summed E-state index contributed by atoms with van der Waals surface area (Å²) in [6.07, 6.45) is 1.22. The Labute approximate surface area is 107 Å². The second-order valence-electron chi connectivity index (χ2n) is 4.09. The molecule has 1 saturated heterocycles. The van der Waals surface area contributed by atoms with Gasteiger partial charge in [-0.25, -0.2) is 9.36 Å². The third-order valence-electron chi connectivity index (χ3n) is 2.68. The molecular formula is C9H13N2O7P. The van der Waals surface area contributed by atoms with Crippen LogP contribution in [0.4, 0.5) is 0 Å². The number of aromatic amines is 1. The minimum atomic E-state index is -4.52. The average Bonchev–Trinajstić information content (AvgIpc) is 2.74. The largest absolute Gasteiger partial charge is 0.469 e. The number of H-pyrrole nitrogens is 1. The molecule has 2 rings (SSSR count). The van der Waals surface area contributed by atoms with Crippen LogP contribution in [0.5, 0.6) is 0 Å². The van der Waals surface area contributed by atoms with Crippen LogP contribution in [0.3, 0.4) is 0 Å². The van der Waals surface area contributed by atoms with E-state index in [1.54, 1.807) is 0 Å². The van der Waals surface area contributed by atoms with E-state index in [2.05, 4.69) is 9.51 Å². The van der Waals surface area contributed by atoms with Crippen LogP contribution in [0.2, 0.25) is 0 Å². The van der Waals surface area contributed by atoms with E-state index >= 15 is 0 Å². The van der Waals surface area contributed by atoms with Crippen LogP contribution >= 0.6 is 7.82 Å². The van der Waals surface area contributed by atoms with Gasteiger partial charge in [0.05, 0.1) is 12.7 Å². The summed E-state index contributed by atoms with van der Waals surface area (Å²) in [6.45, 7) is -0.251. The summed E-state index contributed by atoms with van der Waals surface area (Å²) in [6, 6.07) is 1.20. The van der Waals surface area contributed by atoms with Crippen molar-refractivity contribution in [3.05, 3.63) is 33.1 Å². The van der Waals surface area contributed by atoms with Crippen LogP contribution in [0, 0.1) is 0 Å². The summed E-state index contributed by atoms with van der Waals surface area (Å²) in [4.78, 5) is 41.7. The first kappa shape index (κ1) is 14.2. The zero-order chi connectivity index (χ0) is 14.0. The van der Waals surface area contributed by atoms with E-state index < -0.39 is 31.4 Å². The van der Waals surface area contributed by atoms with E-state index in [9.17, 15) is 14.2 Å². The predicted molar refractivity (Wildman–Crippen MR) is 62.5 cm³/mol. The van der Waals surface area contributed by atoms with Gasteiger partial charge in [0.25, 0.3) is 5.56 Å². The Morgan fingerprint density at radius 3 is 2.84 bits per heavy atom. The molecule has 0 unspecified atom stereocenters. The molecule has 0 amide bonds. The number of phosphoric ester groups is 1. The highest BCUT2D eigenvalue weighted by Crippen LogP contribution is 2.37. The topological polar surface area (TPSA) is 131 Å². The second-order valence-corrected chi connectivity index (χ2v) is 5.33. The van der Waals surface area contributed by atoms with E-state index in [-0.39, 0.29) is 6.61 Å². The Hall–Kier alpha value is -1.25. The average molecular weight is 292 g/mol. The molecule has 10 heteroatoms. The normalized spacial score (nSPS) is 23.7. The number of aromatic nitrogens is 2. The molecule has 9 nitrogen and oxygen atoms in total. The fourth-order valence-electron chi connectivity index (χ4n) is 1.85. The first-order chi connectivity index (χ1) is 8.85. The Morgan fingerprint density at radius 1 is 1.47 bits per heavy atom. The van der Waals surface area contributed by atoms with Crippen molar-refractivity contribution in [1.29, 1.82) is 0 Å². The molecule has 0 saturated carbocycles. The number of nitrogens with zero attached hydrogens (tertiary/aromatic N) is 1. The highest BCUT2D eigenvalue weighted by atomic mass is 31.2. The molecule has 0 spiro atoms. The van der Waals surface area contributed by atoms with Crippen LogP contribution in [0.1, 0.15) is 19.1 Å². The first-order valence-electron chi connectivity index (χ1n) is 5.52. The van der Waals surface area contributed by atoms with Gasteiger partial charge >= 0.3 is 13.5 Å². The number of hydrogen-bond acceptors (Lipinski definition) is 5. The molecule has 0 bridgehead atoms. The summed E-state index contributed by atoms with van der Waals surface area (Å²) in [5, 5.41) is 0. The number of hydrogen-bond donors (Lipinski definition) is 3. The van der Waals surface area contributed by atoms with Gasteiger partial charge in [-0.3, -0.25) is 18.9 Å². The van der Waals surface area contributed by atoms with Crippen molar-refractivity contribution in [1.82, 2.24) is 9.55 Å². The van der Waals surface area contributed by atoms with E-state index in [4.69, 9.17) is 14.5 Å². The maximum Gasteiger partial charge on any atom is 0.469 e. The number of ether oxygens (including phenoxy) is 1.